The van der Waals surface area contributed by atoms with E-state index in [1.165, 1.54) is 38.1 Å². The average molecular weight is 675 g/mol. The fourth-order valence-corrected chi connectivity index (χ4v) is 6.60. The molecule has 3 aliphatic rings. The van der Waals surface area contributed by atoms with Crippen molar-refractivity contribution in [3.05, 3.63) is 45.2 Å². The molecule has 46 heavy (non-hydrogen) atoms. The van der Waals surface area contributed by atoms with Crippen molar-refractivity contribution in [1.82, 2.24) is 4.90 Å². The number of Topliss-reactive ketones (excluding diaryl/α,β-unsaturated/α-hetero) is 2. The first-order valence-electron chi connectivity index (χ1n) is 13.5. The minimum Gasteiger partial charge on any atom is -0.508 e. The van der Waals surface area contributed by atoms with Crippen LogP contribution in [0.4, 0.5) is 0 Å². The number of hydrogen-bond donors (Lipinski definition) is 12. The number of carboxylic acid groups (broad SMARTS) is 1. The number of aliphatic hydroxyl groups is 9. The number of aliphatic hydroxyl groups excluding tert-OH is 7. The third kappa shape index (κ3) is 5.63. The van der Waals surface area contributed by atoms with Crippen molar-refractivity contribution in [3.63, 3.8) is 0 Å². The van der Waals surface area contributed by atoms with Crippen molar-refractivity contribution >= 4 is 40.8 Å². The van der Waals surface area contributed by atoms with E-state index < -0.39 is 112 Å². The topological polar surface area (TPSA) is 320 Å². The Labute approximate surface area is 265 Å². The lowest BCUT2D eigenvalue weighted by Gasteiger charge is -2.53. The van der Waals surface area contributed by atoms with E-state index >= 15 is 0 Å². The zero-order valence-corrected chi connectivity index (χ0v) is 25.3. The monoisotopic (exact) mass is 674 g/mol. The number of rotatable bonds is 7. The molecule has 0 aliphatic heterocycles. The maximum Gasteiger partial charge on any atom is 0.335 e. The summed E-state index contributed by atoms with van der Waals surface area (Å²) >= 11 is 6.28. The number of halogens is 1. The van der Waals surface area contributed by atoms with Gasteiger partial charge in [-0.05, 0) is 39.6 Å². The van der Waals surface area contributed by atoms with Crippen LogP contribution in [0.5, 0.6) is 5.75 Å². The minimum absolute atomic E-state index is 0.0187. The molecule has 254 valence electrons. The molecule has 0 unspecified atom stereocenters. The Morgan fingerprint density at radius 3 is 2.11 bits per heavy atom. The van der Waals surface area contributed by atoms with Gasteiger partial charge < -0.3 is 61.9 Å². The van der Waals surface area contributed by atoms with Gasteiger partial charge in [-0.1, -0.05) is 11.6 Å². The largest absolute Gasteiger partial charge is 0.508 e. The van der Waals surface area contributed by atoms with Crippen LogP contribution in [-0.2, 0) is 24.8 Å². The molecule has 18 heteroatoms. The lowest BCUT2D eigenvalue weighted by Crippen LogP contribution is -2.67. The summed E-state index contributed by atoms with van der Waals surface area (Å²) in [5.41, 5.74) is -1.10. The van der Waals surface area contributed by atoms with Crippen LogP contribution in [0.3, 0.4) is 0 Å². The number of carboxylic acids is 1. The van der Waals surface area contributed by atoms with Crippen LogP contribution in [0.25, 0.3) is 5.76 Å². The van der Waals surface area contributed by atoms with Gasteiger partial charge in [0.2, 0.25) is 5.78 Å². The number of benzene rings is 1. The number of amides is 1. The van der Waals surface area contributed by atoms with Crippen molar-refractivity contribution in [1.29, 1.82) is 0 Å². The van der Waals surface area contributed by atoms with E-state index in [-0.39, 0.29) is 22.6 Å². The number of carbonyl (C=O) groups is 4. The molecule has 0 spiro atoms. The van der Waals surface area contributed by atoms with E-state index in [1.807, 2.05) is 0 Å². The first kappa shape index (κ1) is 36.8. The molecule has 0 saturated heterocycles. The Morgan fingerprint density at radius 1 is 1.07 bits per heavy atom. The Balaban J connectivity index is 0.000000376. The molecule has 0 heterocycles. The van der Waals surface area contributed by atoms with E-state index in [0.717, 1.165) is 0 Å². The number of nitrogens with zero attached hydrogens (tertiary/aromatic N) is 1. The summed E-state index contributed by atoms with van der Waals surface area (Å²) in [5.74, 6) is -10.0. The van der Waals surface area contributed by atoms with Gasteiger partial charge in [-0.3, -0.25) is 19.3 Å². The molecule has 17 nitrogen and oxygen atoms in total. The number of nitrogens with two attached hydrogens (primary N) is 1. The van der Waals surface area contributed by atoms with Gasteiger partial charge in [0.15, 0.2) is 17.5 Å². The van der Waals surface area contributed by atoms with Crippen molar-refractivity contribution < 1.29 is 75.3 Å². The lowest BCUT2D eigenvalue weighted by molar-refractivity contribution is -0.164. The van der Waals surface area contributed by atoms with E-state index in [9.17, 15) is 44.7 Å². The number of primary amides is 1. The summed E-state index contributed by atoms with van der Waals surface area (Å²) in [5, 5.41) is 107. The second-order valence-electron chi connectivity index (χ2n) is 11.6. The van der Waals surface area contributed by atoms with Crippen LogP contribution in [-0.4, -0.2) is 141 Å². The van der Waals surface area contributed by atoms with Gasteiger partial charge in [0.1, 0.15) is 41.2 Å². The van der Waals surface area contributed by atoms with Crippen LogP contribution in [0.1, 0.15) is 24.5 Å². The summed E-state index contributed by atoms with van der Waals surface area (Å²) in [4.78, 5) is 50.2. The predicted octanol–water partition coefficient (Wildman–Crippen LogP) is -3.21. The van der Waals surface area contributed by atoms with Gasteiger partial charge in [-0.25, -0.2) is 4.79 Å². The maximum absolute atomic E-state index is 13.7. The summed E-state index contributed by atoms with van der Waals surface area (Å²) < 4.78 is 0. The number of hydrogen-bond acceptors (Lipinski definition) is 15. The zero-order chi connectivity index (χ0) is 35.4. The predicted molar refractivity (Wildman–Crippen MR) is 154 cm³/mol. The number of ketones is 2. The average Bonchev–Trinajstić information content (AvgIpc) is 2.97. The first-order chi connectivity index (χ1) is 21.1. The molecule has 0 bridgehead atoms. The van der Waals surface area contributed by atoms with E-state index in [0.29, 0.717) is 0 Å². The van der Waals surface area contributed by atoms with Gasteiger partial charge in [0, 0.05) is 28.0 Å². The van der Waals surface area contributed by atoms with E-state index in [2.05, 4.69) is 0 Å². The minimum atomic E-state index is -2.78. The third-order valence-electron chi connectivity index (χ3n) is 8.58. The number of aliphatic carboxylic acids is 1. The van der Waals surface area contributed by atoms with Gasteiger partial charge >= 0.3 is 5.97 Å². The molecule has 1 aromatic carbocycles. The van der Waals surface area contributed by atoms with Crippen molar-refractivity contribution in [2.45, 2.75) is 55.0 Å². The highest BCUT2D eigenvalue weighted by Crippen LogP contribution is 2.58. The van der Waals surface area contributed by atoms with Gasteiger partial charge in [0.05, 0.1) is 23.8 Å². The molecule has 1 saturated carbocycles. The molecule has 13 N–H and O–H groups in total. The van der Waals surface area contributed by atoms with Crippen LogP contribution in [0.2, 0.25) is 5.02 Å². The SMILES string of the molecule is CN(C)[C@@H]1C(=O)C(C(N)=O)=C(O)[C@@]2(O)C(=O)C3=C(O)c4c(O)ccc(Cl)c4[C@@](C)(O)[C@H]3C[C@@H]12.O=C(O)[C@H](O)[C@@H](O)[C@H](O)[C@H](O)CO. The van der Waals surface area contributed by atoms with Crippen LogP contribution in [0.15, 0.2) is 29.0 Å². The molecular weight excluding hydrogens is 640 g/mol. The number of phenolic OH excluding ortho intramolecular Hbond substituents is 1. The Morgan fingerprint density at radius 2 is 1.63 bits per heavy atom. The van der Waals surface area contributed by atoms with E-state index in [4.69, 9.17) is 48.0 Å². The number of fused-ring (bicyclic) bond motifs is 3. The molecule has 1 aromatic rings. The van der Waals surface area contributed by atoms with Crippen molar-refractivity contribution in [3.8, 4) is 5.75 Å². The molecule has 0 radical (unpaired) electrons. The number of likely N-dealkylation sites (N-methyl/N-ethyl adjacent to an activating group) is 1. The number of aromatic hydroxyl groups is 1. The fourth-order valence-electron chi connectivity index (χ4n) is 6.25. The maximum atomic E-state index is 13.7. The highest BCUT2D eigenvalue weighted by atomic mass is 35.5. The van der Waals surface area contributed by atoms with Crippen LogP contribution >= 0.6 is 11.6 Å². The standard InChI is InChI=1S/C22H23ClN2O8.C6H12O7/c1-21(32)7-6-8-15(25(2)3)17(28)13(20(24)31)19(30)22(8,33)18(29)11(7)16(27)12-10(26)5-4-9(23)14(12)21;7-1-2(8)3(9)4(10)5(11)6(12)13/h4-5,7-8,15,26-27,30,32-33H,6H2,1-3H3,(H2,24,31);2-5,7-11H,1H2,(H,12,13)/t7-,8-,15-,21-,22-;2-,3-,4+,5-/m01/s1. The molecule has 1 fully saturated rings. The lowest BCUT2D eigenvalue weighted by atomic mass is 9.54. The van der Waals surface area contributed by atoms with Gasteiger partial charge in [-0.2, -0.15) is 0 Å². The quantitative estimate of drug-likeness (QED) is 0.127. The molecular formula is C28H35ClN2O15. The summed E-state index contributed by atoms with van der Waals surface area (Å²) in [7, 11) is 2.97. The van der Waals surface area contributed by atoms with Crippen molar-refractivity contribution in [2.75, 3.05) is 20.7 Å². The van der Waals surface area contributed by atoms with E-state index in [1.54, 1.807) is 0 Å². The normalized spacial score (nSPS) is 30.0. The summed E-state index contributed by atoms with van der Waals surface area (Å²) in [6, 6.07) is 1.24. The molecule has 1 amide bonds. The molecule has 0 aromatic heterocycles. The molecule has 3 aliphatic carbocycles. The second kappa shape index (κ2) is 12.9. The Kier molecular flexibility index (Phi) is 10.3. The Bertz CT molecular complexity index is 1520. The highest BCUT2D eigenvalue weighted by molar-refractivity contribution is 6.32. The van der Waals surface area contributed by atoms with Crippen LogP contribution in [0, 0.1) is 11.8 Å². The highest BCUT2D eigenvalue weighted by Gasteiger charge is 2.66. The van der Waals surface area contributed by atoms with Gasteiger partial charge in [-0.15, -0.1) is 0 Å². The van der Waals surface area contributed by atoms with Gasteiger partial charge in [0.25, 0.3) is 5.91 Å². The zero-order valence-electron chi connectivity index (χ0n) is 24.6. The fraction of sp³-hybridized carbons (Fsp3) is 0.500. The number of carbonyl (C=O) groups excluding carboxylic acids is 3. The molecule has 4 rings (SSSR count). The first-order valence-corrected chi connectivity index (χ1v) is 13.9. The second-order valence-corrected chi connectivity index (χ2v) is 12.0. The third-order valence-corrected chi connectivity index (χ3v) is 8.89. The molecule has 9 atom stereocenters. The smallest absolute Gasteiger partial charge is 0.335 e. The van der Waals surface area contributed by atoms with Crippen molar-refractivity contribution in [2.24, 2.45) is 17.6 Å². The summed E-state index contributed by atoms with van der Waals surface area (Å²) in [6.07, 6.45) is -8.10. The van der Waals surface area contributed by atoms with Crippen LogP contribution < -0.4 is 5.73 Å². The summed E-state index contributed by atoms with van der Waals surface area (Å²) in [6.45, 7) is 0.496. The number of phenols is 1. The Hall–Kier alpha value is -3.65.